The molecule has 1 aromatic rings. The first kappa shape index (κ1) is 12.6. The maximum atomic E-state index is 6.63. The van der Waals surface area contributed by atoms with Crippen LogP contribution in [-0.2, 0) is 6.42 Å². The summed E-state index contributed by atoms with van der Waals surface area (Å²) in [6.45, 7) is 4.65. The number of halogens is 1. The molecule has 1 aliphatic carbocycles. The van der Waals surface area contributed by atoms with Crippen molar-refractivity contribution < 1.29 is 0 Å². The van der Waals surface area contributed by atoms with Gasteiger partial charge < -0.3 is 5.73 Å². The maximum Gasteiger partial charge on any atom is 0.0285 e. The van der Waals surface area contributed by atoms with E-state index < -0.39 is 0 Å². The SMILES string of the molecule is CC1CCC(C)C(N)(Cc2cc(Br)cs2)C1. The average Bonchev–Trinajstić information content (AvgIpc) is 2.58. The third-order valence-corrected chi connectivity index (χ3v) is 5.63. The zero-order valence-electron chi connectivity index (χ0n) is 10.0. The summed E-state index contributed by atoms with van der Waals surface area (Å²) in [5.41, 5.74) is 6.64. The molecule has 1 aliphatic rings. The van der Waals surface area contributed by atoms with Crippen molar-refractivity contribution in [3.63, 3.8) is 0 Å². The van der Waals surface area contributed by atoms with Crippen molar-refractivity contribution in [1.82, 2.24) is 0 Å². The summed E-state index contributed by atoms with van der Waals surface area (Å²) in [4.78, 5) is 1.41. The van der Waals surface area contributed by atoms with E-state index >= 15 is 0 Å². The van der Waals surface area contributed by atoms with Crippen molar-refractivity contribution in [2.45, 2.75) is 45.1 Å². The summed E-state index contributed by atoms with van der Waals surface area (Å²) in [7, 11) is 0. The second kappa shape index (κ2) is 4.79. The Hall–Kier alpha value is 0.140. The van der Waals surface area contributed by atoms with E-state index in [0.717, 1.165) is 12.3 Å². The summed E-state index contributed by atoms with van der Waals surface area (Å²) in [6, 6.07) is 2.21. The molecule has 16 heavy (non-hydrogen) atoms. The van der Waals surface area contributed by atoms with Crippen LogP contribution in [0.5, 0.6) is 0 Å². The van der Waals surface area contributed by atoms with Gasteiger partial charge in [-0.3, -0.25) is 0 Å². The van der Waals surface area contributed by atoms with E-state index in [1.165, 1.54) is 28.6 Å². The number of nitrogens with two attached hydrogens (primary N) is 1. The van der Waals surface area contributed by atoms with Gasteiger partial charge in [-0.05, 0) is 46.7 Å². The number of rotatable bonds is 2. The lowest BCUT2D eigenvalue weighted by Gasteiger charge is -2.42. The summed E-state index contributed by atoms with van der Waals surface area (Å²) in [5.74, 6) is 1.43. The van der Waals surface area contributed by atoms with Gasteiger partial charge in [0.05, 0.1) is 0 Å². The van der Waals surface area contributed by atoms with Gasteiger partial charge in [-0.2, -0.15) is 0 Å². The minimum atomic E-state index is 0.0158. The van der Waals surface area contributed by atoms with Crippen molar-refractivity contribution in [3.8, 4) is 0 Å². The fourth-order valence-electron chi connectivity index (χ4n) is 2.79. The van der Waals surface area contributed by atoms with E-state index in [2.05, 4.69) is 41.2 Å². The predicted octanol–water partition coefficient (Wildman–Crippen LogP) is 4.21. The van der Waals surface area contributed by atoms with Gasteiger partial charge in [-0.25, -0.2) is 0 Å². The van der Waals surface area contributed by atoms with Gasteiger partial charge in [0.15, 0.2) is 0 Å². The molecule has 1 fully saturated rings. The number of thiophene rings is 1. The lowest BCUT2D eigenvalue weighted by molar-refractivity contribution is 0.162. The minimum absolute atomic E-state index is 0.0158. The number of hydrogen-bond donors (Lipinski definition) is 1. The Bertz CT molecular complexity index is 363. The van der Waals surface area contributed by atoms with Crippen LogP contribution in [0.25, 0.3) is 0 Å². The summed E-state index contributed by atoms with van der Waals surface area (Å²) in [6.07, 6.45) is 4.83. The second-order valence-electron chi connectivity index (χ2n) is 5.43. The standard InChI is InChI=1S/C13H20BrNS/c1-9-3-4-10(2)13(15,6-9)7-12-5-11(14)8-16-12/h5,8-10H,3-4,6-7,15H2,1-2H3. The van der Waals surface area contributed by atoms with E-state index in [-0.39, 0.29) is 5.54 Å². The Morgan fingerprint density at radius 3 is 2.88 bits per heavy atom. The van der Waals surface area contributed by atoms with E-state index in [1.807, 2.05) is 11.3 Å². The Morgan fingerprint density at radius 2 is 2.25 bits per heavy atom. The fourth-order valence-corrected chi connectivity index (χ4v) is 4.38. The van der Waals surface area contributed by atoms with Crippen LogP contribution in [0, 0.1) is 11.8 Å². The highest BCUT2D eigenvalue weighted by molar-refractivity contribution is 9.10. The molecule has 0 radical (unpaired) electrons. The number of hydrogen-bond acceptors (Lipinski definition) is 2. The Labute approximate surface area is 111 Å². The van der Waals surface area contributed by atoms with E-state index in [9.17, 15) is 0 Å². The molecule has 0 spiro atoms. The van der Waals surface area contributed by atoms with Crippen molar-refractivity contribution in [2.24, 2.45) is 17.6 Å². The van der Waals surface area contributed by atoms with Crippen molar-refractivity contribution in [3.05, 3.63) is 20.8 Å². The molecule has 1 saturated carbocycles. The first-order chi connectivity index (χ1) is 7.49. The van der Waals surface area contributed by atoms with Crippen LogP contribution in [0.1, 0.15) is 38.0 Å². The summed E-state index contributed by atoms with van der Waals surface area (Å²) < 4.78 is 1.19. The van der Waals surface area contributed by atoms with Gasteiger partial charge >= 0.3 is 0 Å². The molecule has 0 saturated heterocycles. The van der Waals surface area contributed by atoms with Crippen LogP contribution in [0.2, 0.25) is 0 Å². The normalized spacial score (nSPS) is 35.2. The smallest absolute Gasteiger partial charge is 0.0285 e. The predicted molar refractivity (Wildman–Crippen MR) is 74.8 cm³/mol. The molecule has 90 valence electrons. The highest BCUT2D eigenvalue weighted by Crippen LogP contribution is 2.38. The molecular formula is C13H20BrNS. The monoisotopic (exact) mass is 301 g/mol. The van der Waals surface area contributed by atoms with Crippen LogP contribution in [-0.4, -0.2) is 5.54 Å². The van der Waals surface area contributed by atoms with Crippen LogP contribution in [0.4, 0.5) is 0 Å². The molecule has 1 heterocycles. The fraction of sp³-hybridized carbons (Fsp3) is 0.692. The highest BCUT2D eigenvalue weighted by Gasteiger charge is 2.37. The Kier molecular flexibility index (Phi) is 3.77. The van der Waals surface area contributed by atoms with E-state index in [4.69, 9.17) is 5.73 Å². The van der Waals surface area contributed by atoms with Gasteiger partial charge in [0.25, 0.3) is 0 Å². The average molecular weight is 302 g/mol. The van der Waals surface area contributed by atoms with E-state index in [1.54, 1.807) is 0 Å². The lowest BCUT2D eigenvalue weighted by Crippen LogP contribution is -2.51. The first-order valence-corrected chi connectivity index (χ1v) is 7.68. The largest absolute Gasteiger partial charge is 0.325 e. The quantitative estimate of drug-likeness (QED) is 0.870. The molecule has 0 amide bonds. The Balaban J connectivity index is 2.11. The molecule has 0 bridgehead atoms. The molecule has 3 heteroatoms. The zero-order chi connectivity index (χ0) is 11.8. The third-order valence-electron chi connectivity index (χ3n) is 3.93. The van der Waals surface area contributed by atoms with Crippen LogP contribution < -0.4 is 5.73 Å². The lowest BCUT2D eigenvalue weighted by atomic mass is 9.68. The van der Waals surface area contributed by atoms with Crippen LogP contribution in [0.3, 0.4) is 0 Å². The summed E-state index contributed by atoms with van der Waals surface area (Å²) in [5, 5.41) is 2.15. The van der Waals surface area contributed by atoms with Gasteiger partial charge in [0.1, 0.15) is 0 Å². The molecule has 3 atom stereocenters. The van der Waals surface area contributed by atoms with Crippen molar-refractivity contribution in [1.29, 1.82) is 0 Å². The molecular weight excluding hydrogens is 282 g/mol. The van der Waals surface area contributed by atoms with Crippen molar-refractivity contribution in [2.75, 3.05) is 0 Å². The van der Waals surface area contributed by atoms with Gasteiger partial charge in [0, 0.05) is 26.7 Å². The molecule has 3 unspecified atom stereocenters. The summed E-state index contributed by atoms with van der Waals surface area (Å²) >= 11 is 5.33. The van der Waals surface area contributed by atoms with E-state index in [0.29, 0.717) is 5.92 Å². The molecule has 0 aromatic carbocycles. The zero-order valence-corrected chi connectivity index (χ0v) is 12.4. The topological polar surface area (TPSA) is 26.0 Å². The maximum absolute atomic E-state index is 6.63. The molecule has 1 aromatic heterocycles. The minimum Gasteiger partial charge on any atom is -0.325 e. The van der Waals surface area contributed by atoms with Gasteiger partial charge in [-0.1, -0.05) is 20.3 Å². The van der Waals surface area contributed by atoms with Gasteiger partial charge in [-0.15, -0.1) is 11.3 Å². The molecule has 1 nitrogen and oxygen atoms in total. The molecule has 2 N–H and O–H groups in total. The van der Waals surface area contributed by atoms with Crippen LogP contribution >= 0.6 is 27.3 Å². The second-order valence-corrected chi connectivity index (χ2v) is 7.34. The molecule has 2 rings (SSSR count). The first-order valence-electron chi connectivity index (χ1n) is 6.01. The van der Waals surface area contributed by atoms with Gasteiger partial charge in [0.2, 0.25) is 0 Å². The molecule has 0 aliphatic heterocycles. The highest BCUT2D eigenvalue weighted by atomic mass is 79.9. The third kappa shape index (κ3) is 2.69. The van der Waals surface area contributed by atoms with Crippen LogP contribution in [0.15, 0.2) is 15.9 Å². The Morgan fingerprint density at radius 1 is 1.50 bits per heavy atom. The van der Waals surface area contributed by atoms with Crippen molar-refractivity contribution >= 4 is 27.3 Å².